The molecule has 42 heavy (non-hydrogen) atoms. The third kappa shape index (κ3) is 8.19. The Kier molecular flexibility index (Phi) is 11.0. The van der Waals surface area contributed by atoms with Gasteiger partial charge in [0.2, 0.25) is 11.8 Å². The average molecular weight is 653 g/mol. The topological polar surface area (TPSA) is 86.8 Å². The molecule has 1 atom stereocenters. The van der Waals surface area contributed by atoms with Crippen molar-refractivity contribution in [2.75, 3.05) is 10.8 Å². The minimum atomic E-state index is -4.22. The van der Waals surface area contributed by atoms with E-state index in [0.717, 1.165) is 9.87 Å². The molecule has 7 nitrogen and oxygen atoms in total. The first-order chi connectivity index (χ1) is 19.5. The van der Waals surface area contributed by atoms with Crippen molar-refractivity contribution in [3.63, 3.8) is 0 Å². The fourth-order valence-electron chi connectivity index (χ4n) is 4.42. The highest BCUT2D eigenvalue weighted by Gasteiger charge is 2.35. The summed E-state index contributed by atoms with van der Waals surface area (Å²) in [7, 11) is -4.22. The second-order valence-electron chi connectivity index (χ2n) is 11.1. The van der Waals surface area contributed by atoms with Crippen molar-refractivity contribution in [2.45, 2.75) is 71.0 Å². The number of nitrogens with zero attached hydrogens (tertiary/aromatic N) is 2. The predicted octanol–water partition coefficient (Wildman–Crippen LogP) is 7.18. The van der Waals surface area contributed by atoms with Crippen molar-refractivity contribution in [1.82, 2.24) is 10.2 Å². The highest BCUT2D eigenvalue weighted by atomic mass is 35.5. The van der Waals surface area contributed by atoms with E-state index in [2.05, 4.69) is 5.32 Å². The van der Waals surface area contributed by atoms with Crippen LogP contribution in [-0.4, -0.2) is 43.3 Å². The molecule has 11 heteroatoms. The number of amides is 2. The van der Waals surface area contributed by atoms with Gasteiger partial charge in [0.25, 0.3) is 10.0 Å². The maximum Gasteiger partial charge on any atom is 0.264 e. The molecule has 2 amide bonds. The second-order valence-corrected chi connectivity index (χ2v) is 14.2. The highest BCUT2D eigenvalue weighted by Crippen LogP contribution is 2.32. The molecule has 0 heterocycles. The molecule has 0 radical (unpaired) electrons. The van der Waals surface area contributed by atoms with Crippen molar-refractivity contribution in [1.29, 1.82) is 0 Å². The summed E-state index contributed by atoms with van der Waals surface area (Å²) in [6.45, 7) is 10.3. The number of nitrogens with one attached hydrogen (secondary N) is 1. The molecule has 0 aliphatic heterocycles. The van der Waals surface area contributed by atoms with Gasteiger partial charge < -0.3 is 10.2 Å². The molecule has 0 aliphatic carbocycles. The molecular formula is C31H36Cl3N3O4S. The van der Waals surface area contributed by atoms with E-state index < -0.39 is 34.1 Å². The summed E-state index contributed by atoms with van der Waals surface area (Å²) in [6, 6.07) is 15.3. The summed E-state index contributed by atoms with van der Waals surface area (Å²) < 4.78 is 29.2. The minimum absolute atomic E-state index is 0.00125. The monoisotopic (exact) mass is 651 g/mol. The number of benzene rings is 3. The maximum atomic E-state index is 14.2. The molecule has 0 fully saturated rings. The standard InChI is InChI=1S/C31H36Cl3N3O4S/c1-7-27(30(39)35-31(4,5)6)36(18-22-13-16-25(33)26(34)17-22)29(38)19-37(28-10-8-9-24(32)21(28)3)42(40,41)23-14-11-20(2)12-15-23/h8-17,27H,7,18-19H2,1-6H3,(H,35,39). The largest absolute Gasteiger partial charge is 0.350 e. The SMILES string of the molecule is CCC(C(=O)NC(C)(C)C)N(Cc1ccc(Cl)c(Cl)c1)C(=O)CN(c1cccc(Cl)c1C)S(=O)(=O)c1ccc(C)cc1. The third-order valence-electron chi connectivity index (χ3n) is 6.62. The third-order valence-corrected chi connectivity index (χ3v) is 9.54. The Bertz CT molecular complexity index is 1550. The van der Waals surface area contributed by atoms with Crippen molar-refractivity contribution >= 4 is 62.3 Å². The van der Waals surface area contributed by atoms with E-state index >= 15 is 0 Å². The van der Waals surface area contributed by atoms with E-state index in [9.17, 15) is 18.0 Å². The van der Waals surface area contributed by atoms with Gasteiger partial charge >= 0.3 is 0 Å². The van der Waals surface area contributed by atoms with Crippen LogP contribution in [0.3, 0.4) is 0 Å². The van der Waals surface area contributed by atoms with Crippen LogP contribution in [0.25, 0.3) is 0 Å². The number of hydrogen-bond acceptors (Lipinski definition) is 4. The Hall–Kier alpha value is -2.78. The smallest absolute Gasteiger partial charge is 0.264 e. The van der Waals surface area contributed by atoms with Gasteiger partial charge in [-0.2, -0.15) is 0 Å². The van der Waals surface area contributed by atoms with Gasteiger partial charge in [-0.25, -0.2) is 8.42 Å². The van der Waals surface area contributed by atoms with Crippen LogP contribution in [0.1, 0.15) is 50.8 Å². The predicted molar refractivity (Wildman–Crippen MR) is 171 cm³/mol. The summed E-state index contributed by atoms with van der Waals surface area (Å²) in [4.78, 5) is 29.1. The summed E-state index contributed by atoms with van der Waals surface area (Å²) in [5.41, 5.74) is 1.72. The number of aryl methyl sites for hydroxylation is 1. The quantitative estimate of drug-likeness (QED) is 0.251. The first kappa shape index (κ1) is 33.7. The number of sulfonamides is 1. The Labute approximate surface area is 263 Å². The van der Waals surface area contributed by atoms with Gasteiger partial charge in [0.05, 0.1) is 20.6 Å². The van der Waals surface area contributed by atoms with Crippen molar-refractivity contribution in [2.24, 2.45) is 0 Å². The number of carbonyl (C=O) groups is 2. The van der Waals surface area contributed by atoms with Crippen LogP contribution in [0.4, 0.5) is 5.69 Å². The van der Waals surface area contributed by atoms with Crippen LogP contribution >= 0.6 is 34.8 Å². The van der Waals surface area contributed by atoms with Crippen molar-refractivity contribution in [3.8, 4) is 0 Å². The second kappa shape index (κ2) is 13.7. The first-order valence-electron chi connectivity index (χ1n) is 13.4. The van der Waals surface area contributed by atoms with Crippen LogP contribution in [0, 0.1) is 13.8 Å². The molecule has 226 valence electrons. The lowest BCUT2D eigenvalue weighted by molar-refractivity contribution is -0.141. The number of anilines is 1. The summed E-state index contributed by atoms with van der Waals surface area (Å²) in [5, 5.41) is 3.95. The van der Waals surface area contributed by atoms with Crippen LogP contribution < -0.4 is 9.62 Å². The Morgan fingerprint density at radius 3 is 2.12 bits per heavy atom. The zero-order valence-corrected chi connectivity index (χ0v) is 27.6. The zero-order valence-electron chi connectivity index (χ0n) is 24.5. The van der Waals surface area contributed by atoms with Crippen LogP contribution in [0.2, 0.25) is 15.1 Å². The van der Waals surface area contributed by atoms with E-state index in [-0.39, 0.29) is 29.5 Å². The van der Waals surface area contributed by atoms with Crippen LogP contribution in [0.15, 0.2) is 65.6 Å². The molecule has 3 aromatic rings. The Morgan fingerprint density at radius 2 is 1.55 bits per heavy atom. The maximum absolute atomic E-state index is 14.2. The number of hydrogen-bond donors (Lipinski definition) is 1. The molecule has 1 unspecified atom stereocenters. The summed E-state index contributed by atoms with van der Waals surface area (Å²) >= 11 is 18.8. The molecule has 3 rings (SSSR count). The summed E-state index contributed by atoms with van der Waals surface area (Å²) in [5.74, 6) is -0.933. The van der Waals surface area contributed by atoms with Crippen LogP contribution in [0.5, 0.6) is 0 Å². The Balaban J connectivity index is 2.13. The number of halogens is 3. The molecule has 3 aromatic carbocycles. The number of carbonyl (C=O) groups excluding carboxylic acids is 2. The highest BCUT2D eigenvalue weighted by molar-refractivity contribution is 7.92. The van der Waals surface area contributed by atoms with Crippen LogP contribution in [-0.2, 0) is 26.2 Å². The van der Waals surface area contributed by atoms with Gasteiger partial charge in [-0.05, 0) is 88.6 Å². The molecule has 0 spiro atoms. The van der Waals surface area contributed by atoms with Gasteiger partial charge in [-0.1, -0.05) is 71.6 Å². The molecular weight excluding hydrogens is 617 g/mol. The van der Waals surface area contributed by atoms with E-state index in [1.165, 1.54) is 17.0 Å². The lowest BCUT2D eigenvalue weighted by Gasteiger charge is -2.35. The number of rotatable bonds is 10. The molecule has 0 aliphatic rings. The summed E-state index contributed by atoms with van der Waals surface area (Å²) in [6.07, 6.45) is 0.288. The molecule has 0 bridgehead atoms. The fourth-order valence-corrected chi connectivity index (χ4v) is 6.39. The van der Waals surface area contributed by atoms with E-state index in [0.29, 0.717) is 26.2 Å². The Morgan fingerprint density at radius 1 is 0.905 bits per heavy atom. The van der Waals surface area contributed by atoms with E-state index in [1.807, 2.05) is 27.7 Å². The fraction of sp³-hybridized carbons (Fsp3) is 0.355. The molecule has 0 saturated heterocycles. The molecule has 1 N–H and O–H groups in total. The molecule has 0 saturated carbocycles. The molecule has 0 aromatic heterocycles. The first-order valence-corrected chi connectivity index (χ1v) is 16.0. The average Bonchev–Trinajstić information content (AvgIpc) is 2.90. The van der Waals surface area contributed by atoms with E-state index in [1.54, 1.807) is 62.4 Å². The van der Waals surface area contributed by atoms with Crippen molar-refractivity contribution in [3.05, 3.63) is 92.4 Å². The van der Waals surface area contributed by atoms with Gasteiger partial charge in [0.15, 0.2) is 0 Å². The van der Waals surface area contributed by atoms with Crippen molar-refractivity contribution < 1.29 is 18.0 Å². The van der Waals surface area contributed by atoms with Gasteiger partial charge in [-0.3, -0.25) is 13.9 Å². The van der Waals surface area contributed by atoms with Gasteiger partial charge in [0.1, 0.15) is 12.6 Å². The van der Waals surface area contributed by atoms with E-state index in [4.69, 9.17) is 34.8 Å². The zero-order chi connectivity index (χ0) is 31.4. The lowest BCUT2D eigenvalue weighted by Crippen LogP contribution is -2.55. The normalized spacial score (nSPS) is 12.5. The minimum Gasteiger partial charge on any atom is -0.350 e. The van der Waals surface area contributed by atoms with Gasteiger partial charge in [0, 0.05) is 17.1 Å². The van der Waals surface area contributed by atoms with Gasteiger partial charge in [-0.15, -0.1) is 0 Å². The lowest BCUT2D eigenvalue weighted by atomic mass is 10.1.